The van der Waals surface area contributed by atoms with Gasteiger partial charge in [0.15, 0.2) is 0 Å². The Morgan fingerprint density at radius 1 is 1.25 bits per heavy atom. The first-order chi connectivity index (χ1) is 9.63. The van der Waals surface area contributed by atoms with Gasteiger partial charge < -0.3 is 10.4 Å². The molecule has 0 aliphatic heterocycles. The van der Waals surface area contributed by atoms with Crippen LogP contribution < -0.4 is 5.32 Å². The summed E-state index contributed by atoms with van der Waals surface area (Å²) < 4.78 is 0. The minimum Gasteiger partial charge on any atom is -0.478 e. The first kappa shape index (κ1) is 12.4. The number of fused-ring (bicyclic) bond motifs is 1. The van der Waals surface area contributed by atoms with Crippen molar-refractivity contribution < 1.29 is 14.7 Å². The van der Waals surface area contributed by atoms with E-state index in [9.17, 15) is 9.59 Å². The minimum absolute atomic E-state index is 0.163. The fourth-order valence-corrected chi connectivity index (χ4v) is 2.55. The van der Waals surface area contributed by atoms with Gasteiger partial charge >= 0.3 is 5.97 Å². The number of rotatable bonds is 3. The lowest BCUT2D eigenvalue weighted by Gasteiger charge is -2.02. The van der Waals surface area contributed by atoms with Gasteiger partial charge in [0.2, 0.25) is 0 Å². The number of hydrogen-bond donors (Lipinski definition) is 3. The molecule has 0 aliphatic carbocycles. The van der Waals surface area contributed by atoms with Crippen LogP contribution in [-0.4, -0.2) is 27.2 Å². The van der Waals surface area contributed by atoms with Crippen molar-refractivity contribution in [1.29, 1.82) is 0 Å². The minimum atomic E-state index is -1.01. The van der Waals surface area contributed by atoms with Crippen molar-refractivity contribution in [3.63, 3.8) is 0 Å². The molecule has 0 atom stereocenters. The fourth-order valence-electron chi connectivity index (χ4n) is 1.78. The molecule has 20 heavy (non-hydrogen) atoms. The standard InChI is InChI=1S/C13H9N3O3S/c17-12(15-11-4-9(6-20-11)13(18)19)7-1-2-10-8(3-7)5-14-16-10/h1-6H,(H,14,16)(H,15,17)(H,18,19). The monoisotopic (exact) mass is 287 g/mol. The molecule has 3 N–H and O–H groups in total. The molecule has 2 heterocycles. The maximum Gasteiger partial charge on any atom is 0.336 e. The van der Waals surface area contributed by atoms with E-state index in [0.29, 0.717) is 10.6 Å². The molecule has 100 valence electrons. The number of aromatic nitrogens is 2. The first-order valence-corrected chi connectivity index (χ1v) is 6.58. The Morgan fingerprint density at radius 2 is 2.10 bits per heavy atom. The van der Waals surface area contributed by atoms with Gasteiger partial charge in [0.25, 0.3) is 5.91 Å². The van der Waals surface area contributed by atoms with Crippen LogP contribution >= 0.6 is 11.3 Å². The second kappa shape index (κ2) is 4.78. The number of nitrogens with one attached hydrogen (secondary N) is 2. The Morgan fingerprint density at radius 3 is 2.85 bits per heavy atom. The highest BCUT2D eigenvalue weighted by Crippen LogP contribution is 2.21. The van der Waals surface area contributed by atoms with Gasteiger partial charge in [-0.3, -0.25) is 9.89 Å². The second-order valence-electron chi connectivity index (χ2n) is 4.13. The summed E-state index contributed by atoms with van der Waals surface area (Å²) in [7, 11) is 0. The number of carbonyl (C=O) groups excluding carboxylic acids is 1. The van der Waals surface area contributed by atoms with Gasteiger partial charge in [0.05, 0.1) is 22.3 Å². The summed E-state index contributed by atoms with van der Waals surface area (Å²) in [6.45, 7) is 0. The van der Waals surface area contributed by atoms with Gasteiger partial charge in [-0.25, -0.2) is 4.79 Å². The van der Waals surface area contributed by atoms with Gasteiger partial charge in [-0.05, 0) is 24.3 Å². The average molecular weight is 287 g/mol. The quantitative estimate of drug-likeness (QED) is 0.690. The highest BCUT2D eigenvalue weighted by atomic mass is 32.1. The molecule has 6 nitrogen and oxygen atoms in total. The number of aromatic carboxylic acids is 1. The molecular formula is C13H9N3O3S. The average Bonchev–Trinajstić information content (AvgIpc) is 3.05. The van der Waals surface area contributed by atoms with E-state index < -0.39 is 5.97 Å². The maximum atomic E-state index is 12.1. The number of nitrogens with zero attached hydrogens (tertiary/aromatic N) is 1. The zero-order valence-corrected chi connectivity index (χ0v) is 10.9. The largest absolute Gasteiger partial charge is 0.478 e. The van der Waals surface area contributed by atoms with Gasteiger partial charge in [-0.15, -0.1) is 11.3 Å². The van der Waals surface area contributed by atoms with Gasteiger partial charge in [-0.2, -0.15) is 5.10 Å². The van der Waals surface area contributed by atoms with Crippen LogP contribution in [0.4, 0.5) is 5.00 Å². The van der Waals surface area contributed by atoms with E-state index >= 15 is 0 Å². The number of H-pyrrole nitrogens is 1. The molecule has 0 unspecified atom stereocenters. The van der Waals surface area contributed by atoms with E-state index in [4.69, 9.17) is 5.11 Å². The number of carboxylic acids is 1. The van der Waals surface area contributed by atoms with Crippen molar-refractivity contribution in [2.24, 2.45) is 0 Å². The molecule has 0 fully saturated rings. The molecule has 0 saturated heterocycles. The number of carbonyl (C=O) groups is 2. The van der Waals surface area contributed by atoms with Gasteiger partial charge in [0, 0.05) is 16.3 Å². The SMILES string of the molecule is O=C(O)c1csc(NC(=O)c2ccc3[nH]ncc3c2)c1. The van der Waals surface area contributed by atoms with Crippen LogP contribution in [0.1, 0.15) is 20.7 Å². The zero-order chi connectivity index (χ0) is 14.1. The maximum absolute atomic E-state index is 12.1. The summed E-state index contributed by atoms with van der Waals surface area (Å²) in [6.07, 6.45) is 1.64. The van der Waals surface area contributed by atoms with Crippen LogP contribution in [0.15, 0.2) is 35.8 Å². The Kier molecular flexibility index (Phi) is 2.96. The predicted molar refractivity (Wildman–Crippen MR) is 75.3 cm³/mol. The van der Waals surface area contributed by atoms with Crippen LogP contribution in [0.5, 0.6) is 0 Å². The molecule has 0 bridgehead atoms. The summed E-state index contributed by atoms with van der Waals surface area (Å²) in [5, 5.41) is 21.0. The van der Waals surface area contributed by atoms with Gasteiger partial charge in [0.1, 0.15) is 0 Å². The fraction of sp³-hybridized carbons (Fsp3) is 0. The summed E-state index contributed by atoms with van der Waals surface area (Å²) in [5.41, 5.74) is 1.51. The second-order valence-corrected chi connectivity index (χ2v) is 5.04. The van der Waals surface area contributed by atoms with E-state index in [-0.39, 0.29) is 11.5 Å². The predicted octanol–water partition coefficient (Wildman–Crippen LogP) is 2.57. The summed E-state index contributed by atoms with van der Waals surface area (Å²) >= 11 is 1.17. The van der Waals surface area contributed by atoms with E-state index in [0.717, 1.165) is 10.9 Å². The molecule has 0 aliphatic rings. The number of carboxylic acid groups (broad SMARTS) is 1. The molecule has 3 aromatic rings. The van der Waals surface area contributed by atoms with E-state index in [1.807, 2.05) is 0 Å². The molecule has 0 radical (unpaired) electrons. The van der Waals surface area contributed by atoms with Crippen molar-refractivity contribution >= 4 is 39.1 Å². The number of aromatic amines is 1. The third-order valence-corrected chi connectivity index (χ3v) is 3.63. The number of anilines is 1. The van der Waals surface area contributed by atoms with Crippen molar-refractivity contribution in [1.82, 2.24) is 10.2 Å². The summed E-state index contributed by atoms with van der Waals surface area (Å²) in [4.78, 5) is 22.8. The molecule has 0 spiro atoms. The lowest BCUT2D eigenvalue weighted by molar-refractivity contribution is 0.0697. The lowest BCUT2D eigenvalue weighted by atomic mass is 10.1. The van der Waals surface area contributed by atoms with Crippen LogP contribution in [-0.2, 0) is 0 Å². The van der Waals surface area contributed by atoms with Crippen LogP contribution in [0.2, 0.25) is 0 Å². The molecule has 1 amide bonds. The lowest BCUT2D eigenvalue weighted by Crippen LogP contribution is -2.10. The third kappa shape index (κ3) is 2.26. The normalized spacial score (nSPS) is 10.6. The molecule has 0 saturated carbocycles. The van der Waals surface area contributed by atoms with Crippen LogP contribution in [0.3, 0.4) is 0 Å². The number of benzene rings is 1. The highest BCUT2D eigenvalue weighted by molar-refractivity contribution is 7.14. The highest BCUT2D eigenvalue weighted by Gasteiger charge is 2.11. The molecular weight excluding hydrogens is 278 g/mol. The number of amides is 1. The molecule has 3 rings (SSSR count). The van der Waals surface area contributed by atoms with E-state index in [1.54, 1.807) is 24.4 Å². The molecule has 2 aromatic heterocycles. The Bertz CT molecular complexity index is 806. The Labute approximate surface area is 117 Å². The van der Waals surface area contributed by atoms with Crippen molar-refractivity contribution in [3.05, 3.63) is 47.0 Å². The molecule has 1 aromatic carbocycles. The molecule has 7 heteroatoms. The van der Waals surface area contributed by atoms with E-state index in [1.165, 1.54) is 22.8 Å². The number of thiophene rings is 1. The zero-order valence-electron chi connectivity index (χ0n) is 10.1. The third-order valence-electron chi connectivity index (χ3n) is 2.79. The Balaban J connectivity index is 1.82. The first-order valence-electron chi connectivity index (χ1n) is 5.70. The summed E-state index contributed by atoms with van der Waals surface area (Å²) in [5.74, 6) is -1.30. The topological polar surface area (TPSA) is 95.1 Å². The summed E-state index contributed by atoms with van der Waals surface area (Å²) in [6, 6.07) is 6.61. The van der Waals surface area contributed by atoms with Crippen molar-refractivity contribution in [2.45, 2.75) is 0 Å². The van der Waals surface area contributed by atoms with Crippen LogP contribution in [0.25, 0.3) is 10.9 Å². The smallest absolute Gasteiger partial charge is 0.336 e. The number of hydrogen-bond acceptors (Lipinski definition) is 4. The van der Waals surface area contributed by atoms with Crippen molar-refractivity contribution in [3.8, 4) is 0 Å². The van der Waals surface area contributed by atoms with Gasteiger partial charge in [-0.1, -0.05) is 0 Å². The Hall–Kier alpha value is -2.67. The van der Waals surface area contributed by atoms with Crippen LogP contribution in [0, 0.1) is 0 Å². The van der Waals surface area contributed by atoms with Crippen molar-refractivity contribution in [2.75, 3.05) is 5.32 Å². The van der Waals surface area contributed by atoms with E-state index in [2.05, 4.69) is 15.5 Å².